The zero-order valence-corrected chi connectivity index (χ0v) is 12.3. The smallest absolute Gasteiger partial charge is 0.0447 e. The van der Waals surface area contributed by atoms with Crippen molar-refractivity contribution in [2.24, 2.45) is 29.4 Å². The third kappa shape index (κ3) is 2.05. The van der Waals surface area contributed by atoms with Gasteiger partial charge in [0.15, 0.2) is 0 Å². The molecule has 1 atom stereocenters. The van der Waals surface area contributed by atoms with Crippen molar-refractivity contribution in [2.45, 2.75) is 50.1 Å². The van der Waals surface area contributed by atoms with Gasteiger partial charge in [-0.3, -0.25) is 0 Å². The van der Waals surface area contributed by atoms with Crippen molar-refractivity contribution in [1.29, 1.82) is 0 Å². The zero-order chi connectivity index (χ0) is 13.0. The van der Waals surface area contributed by atoms with Crippen LogP contribution in [0, 0.1) is 23.7 Å². The molecule has 1 unspecified atom stereocenters. The molecule has 5 aliphatic rings. The first kappa shape index (κ1) is 12.6. The molecule has 1 heterocycles. The van der Waals surface area contributed by atoms with Crippen molar-refractivity contribution in [3.8, 4) is 0 Å². The Bertz CT molecular complexity index is 328. The fourth-order valence-electron chi connectivity index (χ4n) is 5.94. The molecule has 1 saturated heterocycles. The Labute approximate surface area is 117 Å². The SMILES string of the molecule is CN1CCC(CN)(NC2C3CC4CC(C3)CC2C4)C1. The van der Waals surface area contributed by atoms with E-state index in [1.165, 1.54) is 38.6 Å². The average molecular weight is 263 g/mol. The molecule has 5 rings (SSSR count). The van der Waals surface area contributed by atoms with E-state index in [2.05, 4.69) is 17.3 Å². The number of rotatable bonds is 3. The molecule has 1 aliphatic heterocycles. The third-order valence-electron chi connectivity index (χ3n) is 6.63. The highest BCUT2D eigenvalue weighted by Crippen LogP contribution is 2.54. The van der Waals surface area contributed by atoms with Gasteiger partial charge in [0.2, 0.25) is 0 Å². The summed E-state index contributed by atoms with van der Waals surface area (Å²) in [5, 5.41) is 4.09. The molecule has 0 aromatic rings. The lowest BCUT2D eigenvalue weighted by Gasteiger charge is -2.56. The highest BCUT2D eigenvalue weighted by Gasteiger charge is 2.50. The second-order valence-electron chi connectivity index (χ2n) is 8.07. The van der Waals surface area contributed by atoms with Gasteiger partial charge in [-0.15, -0.1) is 0 Å². The Balaban J connectivity index is 1.50. The summed E-state index contributed by atoms with van der Waals surface area (Å²) in [6.45, 7) is 3.16. The summed E-state index contributed by atoms with van der Waals surface area (Å²) in [6, 6.07) is 0.780. The number of hydrogen-bond donors (Lipinski definition) is 2. The Morgan fingerprint density at radius 3 is 2.21 bits per heavy atom. The summed E-state index contributed by atoms with van der Waals surface area (Å²) in [6.07, 6.45) is 8.79. The van der Waals surface area contributed by atoms with E-state index < -0.39 is 0 Å². The van der Waals surface area contributed by atoms with Crippen LogP contribution >= 0.6 is 0 Å². The Morgan fingerprint density at radius 2 is 1.74 bits per heavy atom. The van der Waals surface area contributed by atoms with E-state index in [-0.39, 0.29) is 5.54 Å². The number of nitrogens with one attached hydrogen (secondary N) is 1. The van der Waals surface area contributed by atoms with Crippen LogP contribution in [0.5, 0.6) is 0 Å². The fraction of sp³-hybridized carbons (Fsp3) is 1.00. The monoisotopic (exact) mass is 263 g/mol. The van der Waals surface area contributed by atoms with Crippen LogP contribution in [0.25, 0.3) is 0 Å². The molecule has 4 saturated carbocycles. The summed E-state index contributed by atoms with van der Waals surface area (Å²) in [4.78, 5) is 2.44. The molecule has 5 fully saturated rings. The molecule has 0 aromatic heterocycles. The van der Waals surface area contributed by atoms with E-state index in [9.17, 15) is 0 Å². The molecule has 0 radical (unpaired) electrons. The maximum Gasteiger partial charge on any atom is 0.0447 e. The minimum Gasteiger partial charge on any atom is -0.329 e. The van der Waals surface area contributed by atoms with Crippen molar-refractivity contribution in [3.05, 3.63) is 0 Å². The van der Waals surface area contributed by atoms with E-state index in [4.69, 9.17) is 5.73 Å². The normalized spacial score (nSPS) is 53.1. The van der Waals surface area contributed by atoms with Crippen molar-refractivity contribution in [2.75, 3.05) is 26.7 Å². The summed E-state index contributed by atoms with van der Waals surface area (Å²) in [7, 11) is 2.23. The summed E-state index contributed by atoms with van der Waals surface area (Å²) < 4.78 is 0. The quantitative estimate of drug-likeness (QED) is 0.809. The van der Waals surface area contributed by atoms with Crippen LogP contribution in [0.1, 0.15) is 38.5 Å². The van der Waals surface area contributed by atoms with Crippen LogP contribution in [0.2, 0.25) is 0 Å². The van der Waals surface area contributed by atoms with Crippen molar-refractivity contribution in [1.82, 2.24) is 10.2 Å². The van der Waals surface area contributed by atoms with Crippen LogP contribution in [0.4, 0.5) is 0 Å². The lowest BCUT2D eigenvalue weighted by atomic mass is 9.54. The second-order valence-corrected chi connectivity index (χ2v) is 8.07. The van der Waals surface area contributed by atoms with Crippen LogP contribution in [0.15, 0.2) is 0 Å². The maximum atomic E-state index is 6.15. The van der Waals surface area contributed by atoms with E-state index in [0.29, 0.717) is 0 Å². The van der Waals surface area contributed by atoms with Crippen LogP contribution < -0.4 is 11.1 Å². The molecule has 0 spiro atoms. The molecule has 108 valence electrons. The van der Waals surface area contributed by atoms with Crippen molar-refractivity contribution in [3.63, 3.8) is 0 Å². The van der Waals surface area contributed by atoms with Crippen LogP contribution in [-0.4, -0.2) is 43.2 Å². The first-order valence-corrected chi connectivity index (χ1v) is 8.34. The van der Waals surface area contributed by atoms with Gasteiger partial charge >= 0.3 is 0 Å². The zero-order valence-electron chi connectivity index (χ0n) is 12.3. The number of likely N-dealkylation sites (N-methyl/N-ethyl adjacent to an activating group) is 1. The predicted molar refractivity (Wildman–Crippen MR) is 77.9 cm³/mol. The third-order valence-corrected chi connectivity index (χ3v) is 6.63. The predicted octanol–water partition coefficient (Wildman–Crippen LogP) is 1.43. The summed E-state index contributed by atoms with van der Waals surface area (Å²) >= 11 is 0. The lowest BCUT2D eigenvalue weighted by molar-refractivity contribution is -0.0242. The maximum absolute atomic E-state index is 6.15. The largest absolute Gasteiger partial charge is 0.329 e. The topological polar surface area (TPSA) is 41.3 Å². The van der Waals surface area contributed by atoms with Gasteiger partial charge in [-0.2, -0.15) is 0 Å². The number of hydrogen-bond acceptors (Lipinski definition) is 3. The van der Waals surface area contributed by atoms with Crippen molar-refractivity contribution < 1.29 is 0 Å². The molecule has 4 bridgehead atoms. The van der Waals surface area contributed by atoms with E-state index in [0.717, 1.165) is 42.8 Å². The van der Waals surface area contributed by atoms with E-state index in [1.54, 1.807) is 6.42 Å². The van der Waals surface area contributed by atoms with Gasteiger partial charge in [0.1, 0.15) is 0 Å². The lowest BCUT2D eigenvalue weighted by Crippen LogP contribution is -2.64. The van der Waals surface area contributed by atoms with Gasteiger partial charge in [-0.05, 0) is 75.8 Å². The summed E-state index contributed by atoms with van der Waals surface area (Å²) in [5.41, 5.74) is 6.36. The molecule has 0 aromatic carbocycles. The molecular formula is C16H29N3. The van der Waals surface area contributed by atoms with Gasteiger partial charge in [0.25, 0.3) is 0 Å². The Kier molecular flexibility index (Phi) is 2.95. The minimum absolute atomic E-state index is 0.217. The fourth-order valence-corrected chi connectivity index (χ4v) is 5.94. The number of nitrogens with two attached hydrogens (primary N) is 1. The van der Waals surface area contributed by atoms with Gasteiger partial charge in [0, 0.05) is 24.7 Å². The van der Waals surface area contributed by atoms with Crippen molar-refractivity contribution >= 4 is 0 Å². The van der Waals surface area contributed by atoms with Gasteiger partial charge in [0.05, 0.1) is 0 Å². The highest BCUT2D eigenvalue weighted by molar-refractivity contribution is 5.07. The first-order valence-electron chi connectivity index (χ1n) is 8.34. The molecule has 3 nitrogen and oxygen atoms in total. The molecular weight excluding hydrogens is 234 g/mol. The number of nitrogens with zero attached hydrogens (tertiary/aromatic N) is 1. The molecule has 3 N–H and O–H groups in total. The van der Waals surface area contributed by atoms with Crippen LogP contribution in [-0.2, 0) is 0 Å². The van der Waals surface area contributed by atoms with Crippen LogP contribution in [0.3, 0.4) is 0 Å². The first-order chi connectivity index (χ1) is 9.17. The van der Waals surface area contributed by atoms with Gasteiger partial charge < -0.3 is 16.0 Å². The molecule has 4 aliphatic carbocycles. The Morgan fingerprint density at radius 1 is 1.11 bits per heavy atom. The van der Waals surface area contributed by atoms with E-state index in [1.807, 2.05) is 0 Å². The Hall–Kier alpha value is -0.120. The summed E-state index contributed by atoms with van der Waals surface area (Å²) in [5.74, 6) is 4.07. The number of likely N-dealkylation sites (tertiary alicyclic amines) is 1. The minimum atomic E-state index is 0.217. The van der Waals surface area contributed by atoms with E-state index >= 15 is 0 Å². The standard InChI is InChI=1S/C16H29N3/c1-19-3-2-16(9-17,10-19)18-15-13-5-11-4-12(7-13)8-14(15)6-11/h11-15,18H,2-10,17H2,1H3. The second kappa shape index (κ2) is 4.44. The van der Waals surface area contributed by atoms with Gasteiger partial charge in [-0.1, -0.05) is 0 Å². The molecule has 0 amide bonds. The average Bonchev–Trinajstić information content (AvgIpc) is 2.75. The molecule has 3 heteroatoms. The highest BCUT2D eigenvalue weighted by atomic mass is 15.2. The van der Waals surface area contributed by atoms with Gasteiger partial charge in [-0.25, -0.2) is 0 Å². The molecule has 19 heavy (non-hydrogen) atoms.